The van der Waals surface area contributed by atoms with Gasteiger partial charge >= 0.3 is 0 Å². The van der Waals surface area contributed by atoms with E-state index < -0.39 is 0 Å². The van der Waals surface area contributed by atoms with Crippen molar-refractivity contribution in [2.75, 3.05) is 12.4 Å². The Bertz CT molecular complexity index is 732. The molecule has 0 saturated carbocycles. The Kier molecular flexibility index (Phi) is 3.75. The summed E-state index contributed by atoms with van der Waals surface area (Å²) in [7, 11) is 1.71. The summed E-state index contributed by atoms with van der Waals surface area (Å²) in [6.45, 7) is 1.81. The van der Waals surface area contributed by atoms with Gasteiger partial charge in [-0.3, -0.25) is 4.79 Å². The predicted molar refractivity (Wildman–Crippen MR) is 81.2 cm³/mol. The van der Waals surface area contributed by atoms with Crippen molar-refractivity contribution in [3.8, 4) is 0 Å². The van der Waals surface area contributed by atoms with E-state index in [1.54, 1.807) is 19.2 Å². The molecule has 0 radical (unpaired) electrons. The van der Waals surface area contributed by atoms with Crippen molar-refractivity contribution in [1.82, 2.24) is 15.3 Å². The second-order valence-corrected chi connectivity index (χ2v) is 5.38. The van der Waals surface area contributed by atoms with E-state index in [1.165, 1.54) is 12.1 Å². The molecule has 22 heavy (non-hydrogen) atoms. The highest BCUT2D eigenvalue weighted by Crippen LogP contribution is 2.31. The van der Waals surface area contributed by atoms with Crippen molar-refractivity contribution in [2.45, 2.75) is 25.8 Å². The number of amides is 1. The number of halogens is 1. The van der Waals surface area contributed by atoms with Gasteiger partial charge in [0.2, 0.25) is 5.95 Å². The van der Waals surface area contributed by atoms with Gasteiger partial charge in [0.1, 0.15) is 11.5 Å². The maximum absolute atomic E-state index is 13.2. The van der Waals surface area contributed by atoms with Crippen LogP contribution in [0.25, 0.3) is 0 Å². The summed E-state index contributed by atoms with van der Waals surface area (Å²) in [4.78, 5) is 20.7. The Labute approximate surface area is 128 Å². The zero-order valence-electron chi connectivity index (χ0n) is 12.5. The molecule has 1 aromatic carbocycles. The SMILES string of the molecule is CNc1nc(C)cc(C(=O)NC2CCc3cc(F)ccc32)n1. The topological polar surface area (TPSA) is 66.9 Å². The fourth-order valence-corrected chi connectivity index (χ4v) is 2.76. The van der Waals surface area contributed by atoms with E-state index in [0.29, 0.717) is 11.6 Å². The molecule has 2 N–H and O–H groups in total. The van der Waals surface area contributed by atoms with Crippen LogP contribution in [0.5, 0.6) is 0 Å². The van der Waals surface area contributed by atoms with Crippen molar-refractivity contribution in [3.05, 3.63) is 52.6 Å². The summed E-state index contributed by atoms with van der Waals surface area (Å²) in [6.07, 6.45) is 1.54. The molecule has 1 aliphatic carbocycles. The number of hydrogen-bond donors (Lipinski definition) is 2. The van der Waals surface area contributed by atoms with Gasteiger partial charge in [0.05, 0.1) is 6.04 Å². The molecule has 3 rings (SSSR count). The van der Waals surface area contributed by atoms with Crippen LogP contribution < -0.4 is 10.6 Å². The van der Waals surface area contributed by atoms with Crippen LogP contribution in [0.4, 0.5) is 10.3 Å². The van der Waals surface area contributed by atoms with Gasteiger partial charge in [-0.25, -0.2) is 14.4 Å². The molecule has 2 aromatic rings. The summed E-state index contributed by atoms with van der Waals surface area (Å²) < 4.78 is 13.2. The minimum atomic E-state index is -0.246. The maximum Gasteiger partial charge on any atom is 0.270 e. The fraction of sp³-hybridized carbons (Fsp3) is 0.312. The minimum Gasteiger partial charge on any atom is -0.357 e. The van der Waals surface area contributed by atoms with Crippen molar-refractivity contribution in [3.63, 3.8) is 0 Å². The third kappa shape index (κ3) is 2.77. The molecule has 0 bridgehead atoms. The number of aromatic nitrogens is 2. The summed E-state index contributed by atoms with van der Waals surface area (Å²) in [5, 5.41) is 5.80. The number of carbonyl (C=O) groups is 1. The largest absolute Gasteiger partial charge is 0.357 e. The van der Waals surface area contributed by atoms with Crippen molar-refractivity contribution in [2.24, 2.45) is 0 Å². The van der Waals surface area contributed by atoms with E-state index in [1.807, 2.05) is 6.92 Å². The fourth-order valence-electron chi connectivity index (χ4n) is 2.76. The van der Waals surface area contributed by atoms with Crippen LogP contribution in [0.1, 0.15) is 39.8 Å². The van der Waals surface area contributed by atoms with Gasteiger partial charge in [0.25, 0.3) is 5.91 Å². The van der Waals surface area contributed by atoms with Gasteiger partial charge in [0, 0.05) is 12.7 Å². The van der Waals surface area contributed by atoms with Gasteiger partial charge in [-0.05, 0) is 49.1 Å². The number of fused-ring (bicyclic) bond motifs is 1. The first-order chi connectivity index (χ1) is 10.6. The zero-order valence-corrected chi connectivity index (χ0v) is 12.5. The molecule has 1 aromatic heterocycles. The average molecular weight is 300 g/mol. The number of aryl methyl sites for hydroxylation is 2. The highest BCUT2D eigenvalue weighted by molar-refractivity contribution is 5.93. The van der Waals surface area contributed by atoms with Crippen LogP contribution in [-0.4, -0.2) is 22.9 Å². The summed E-state index contributed by atoms with van der Waals surface area (Å²) >= 11 is 0. The monoisotopic (exact) mass is 300 g/mol. The summed E-state index contributed by atoms with van der Waals surface area (Å²) in [6, 6.07) is 6.26. The number of nitrogens with zero attached hydrogens (tertiary/aromatic N) is 2. The molecule has 0 fully saturated rings. The summed E-state index contributed by atoms with van der Waals surface area (Å²) in [5.74, 6) is -0.0703. The smallest absolute Gasteiger partial charge is 0.270 e. The van der Waals surface area contributed by atoms with Crippen molar-refractivity contribution < 1.29 is 9.18 Å². The Balaban J connectivity index is 1.80. The van der Waals surface area contributed by atoms with Gasteiger partial charge in [0.15, 0.2) is 0 Å². The molecule has 6 heteroatoms. The molecule has 5 nitrogen and oxygen atoms in total. The minimum absolute atomic E-state index is 0.101. The number of nitrogens with one attached hydrogen (secondary N) is 2. The van der Waals surface area contributed by atoms with Crippen LogP contribution in [0.2, 0.25) is 0 Å². The number of benzene rings is 1. The summed E-state index contributed by atoms with van der Waals surface area (Å²) in [5.41, 5.74) is 2.99. The highest BCUT2D eigenvalue weighted by atomic mass is 19.1. The van der Waals surface area contributed by atoms with Crippen LogP contribution in [-0.2, 0) is 6.42 Å². The molecular formula is C16H17FN4O. The molecule has 1 unspecified atom stereocenters. The van der Waals surface area contributed by atoms with E-state index in [2.05, 4.69) is 20.6 Å². The molecule has 0 aliphatic heterocycles. The van der Waals surface area contributed by atoms with Crippen LogP contribution in [0, 0.1) is 12.7 Å². The number of rotatable bonds is 3. The molecule has 1 aliphatic rings. The normalized spacial score (nSPS) is 16.2. The van der Waals surface area contributed by atoms with E-state index in [-0.39, 0.29) is 17.8 Å². The lowest BCUT2D eigenvalue weighted by Crippen LogP contribution is -2.28. The quantitative estimate of drug-likeness (QED) is 0.913. The van der Waals surface area contributed by atoms with Crippen LogP contribution in [0.15, 0.2) is 24.3 Å². The Morgan fingerprint density at radius 3 is 2.91 bits per heavy atom. The first kappa shape index (κ1) is 14.4. The lowest BCUT2D eigenvalue weighted by molar-refractivity contribution is 0.0931. The predicted octanol–water partition coefficient (Wildman–Crippen LogP) is 2.38. The van der Waals surface area contributed by atoms with Gasteiger partial charge in [-0.1, -0.05) is 6.07 Å². The van der Waals surface area contributed by atoms with E-state index in [9.17, 15) is 9.18 Å². The Morgan fingerprint density at radius 2 is 2.14 bits per heavy atom. The average Bonchev–Trinajstić information content (AvgIpc) is 2.88. The van der Waals surface area contributed by atoms with E-state index in [4.69, 9.17) is 0 Å². The molecule has 0 spiro atoms. The van der Waals surface area contributed by atoms with Gasteiger partial charge in [-0.2, -0.15) is 0 Å². The standard InChI is InChI=1S/C16H17FN4O/c1-9-7-14(21-16(18-2)19-9)15(22)20-13-6-3-10-8-11(17)4-5-12(10)13/h4-5,7-8,13H,3,6H2,1-2H3,(H,20,22)(H,18,19,21). The molecule has 114 valence electrons. The first-order valence-electron chi connectivity index (χ1n) is 7.19. The van der Waals surface area contributed by atoms with Gasteiger partial charge < -0.3 is 10.6 Å². The van der Waals surface area contributed by atoms with Crippen LogP contribution >= 0.6 is 0 Å². The molecule has 1 amide bonds. The number of hydrogen-bond acceptors (Lipinski definition) is 4. The second-order valence-electron chi connectivity index (χ2n) is 5.38. The number of carbonyl (C=O) groups excluding carboxylic acids is 1. The Morgan fingerprint density at radius 1 is 1.32 bits per heavy atom. The lowest BCUT2D eigenvalue weighted by Gasteiger charge is -2.14. The molecule has 1 atom stereocenters. The van der Waals surface area contributed by atoms with Gasteiger partial charge in [-0.15, -0.1) is 0 Å². The first-order valence-corrected chi connectivity index (χ1v) is 7.19. The van der Waals surface area contributed by atoms with Crippen molar-refractivity contribution in [1.29, 1.82) is 0 Å². The molecular weight excluding hydrogens is 283 g/mol. The number of anilines is 1. The zero-order chi connectivity index (χ0) is 15.7. The van der Waals surface area contributed by atoms with E-state index >= 15 is 0 Å². The van der Waals surface area contributed by atoms with E-state index in [0.717, 1.165) is 29.7 Å². The third-order valence-corrected chi connectivity index (χ3v) is 3.80. The molecule has 0 saturated heterocycles. The van der Waals surface area contributed by atoms with Crippen LogP contribution in [0.3, 0.4) is 0 Å². The maximum atomic E-state index is 13.2. The lowest BCUT2D eigenvalue weighted by atomic mass is 10.1. The Hall–Kier alpha value is -2.50. The van der Waals surface area contributed by atoms with Crippen molar-refractivity contribution >= 4 is 11.9 Å². The third-order valence-electron chi connectivity index (χ3n) is 3.80. The second kappa shape index (κ2) is 5.71. The highest BCUT2D eigenvalue weighted by Gasteiger charge is 2.25. The molecule has 1 heterocycles.